The third-order valence-corrected chi connectivity index (χ3v) is 4.24. The number of benzene rings is 1. The van der Waals surface area contributed by atoms with E-state index >= 15 is 0 Å². The minimum absolute atomic E-state index is 0.519. The Labute approximate surface area is 116 Å². The lowest BCUT2D eigenvalue weighted by molar-refractivity contribution is 0.303. The van der Waals surface area contributed by atoms with Gasteiger partial charge < -0.3 is 15.4 Å². The molecule has 100 valence electrons. The molecular formula is C14H17N3OS. The van der Waals surface area contributed by atoms with Gasteiger partial charge in [0.15, 0.2) is 0 Å². The van der Waals surface area contributed by atoms with Crippen LogP contribution in [0.15, 0.2) is 24.3 Å². The van der Waals surface area contributed by atoms with Crippen molar-refractivity contribution < 1.29 is 4.74 Å². The van der Waals surface area contributed by atoms with Crippen molar-refractivity contribution >= 4 is 17.0 Å². The van der Waals surface area contributed by atoms with Crippen LogP contribution >= 0.6 is 11.3 Å². The summed E-state index contributed by atoms with van der Waals surface area (Å²) >= 11 is 1.75. The maximum Gasteiger partial charge on any atom is 0.140 e. The molecule has 0 amide bonds. The van der Waals surface area contributed by atoms with Gasteiger partial charge in [-0.05, 0) is 19.2 Å². The first kappa shape index (κ1) is 12.4. The zero-order chi connectivity index (χ0) is 13.2. The number of hydrogen-bond acceptors (Lipinski definition) is 5. The molecule has 1 aliphatic heterocycles. The molecule has 0 spiro atoms. The summed E-state index contributed by atoms with van der Waals surface area (Å²) in [5, 5.41) is 1.04. The summed E-state index contributed by atoms with van der Waals surface area (Å²) in [6.45, 7) is 2.61. The summed E-state index contributed by atoms with van der Waals surface area (Å²) in [5.41, 5.74) is 7.69. The fourth-order valence-corrected chi connectivity index (χ4v) is 3.30. The minimum atomic E-state index is 0.519. The molecule has 0 unspecified atom stereocenters. The number of ether oxygens (including phenoxy) is 1. The van der Waals surface area contributed by atoms with Crippen molar-refractivity contribution in [2.24, 2.45) is 0 Å². The Hall–Kier alpha value is -1.59. The molecule has 2 N–H and O–H groups in total. The van der Waals surface area contributed by atoms with E-state index in [0.29, 0.717) is 6.61 Å². The summed E-state index contributed by atoms with van der Waals surface area (Å²) in [5.74, 6) is 0.797. The van der Waals surface area contributed by atoms with Crippen LogP contribution in [0.2, 0.25) is 0 Å². The second kappa shape index (κ2) is 5.19. The first-order chi connectivity index (χ1) is 9.20. The van der Waals surface area contributed by atoms with Gasteiger partial charge >= 0.3 is 0 Å². The van der Waals surface area contributed by atoms with E-state index in [0.717, 1.165) is 36.0 Å². The molecule has 2 aromatic rings. The molecule has 4 nitrogen and oxygen atoms in total. The van der Waals surface area contributed by atoms with Crippen LogP contribution in [-0.4, -0.2) is 23.5 Å². The number of nitrogens with two attached hydrogens (primary N) is 1. The van der Waals surface area contributed by atoms with Gasteiger partial charge in [0.1, 0.15) is 17.4 Å². The van der Waals surface area contributed by atoms with Crippen LogP contribution < -0.4 is 10.5 Å². The lowest BCUT2D eigenvalue weighted by Gasteiger charge is -2.20. The van der Waals surface area contributed by atoms with Gasteiger partial charge in [-0.1, -0.05) is 6.07 Å². The number of aromatic nitrogens is 1. The molecule has 2 heterocycles. The van der Waals surface area contributed by atoms with Crippen molar-refractivity contribution in [3.05, 3.63) is 39.8 Å². The van der Waals surface area contributed by atoms with E-state index in [1.54, 1.807) is 11.3 Å². The van der Waals surface area contributed by atoms with Crippen molar-refractivity contribution in [2.45, 2.75) is 19.6 Å². The van der Waals surface area contributed by atoms with Gasteiger partial charge in [0, 0.05) is 36.1 Å². The Morgan fingerprint density at radius 2 is 2.37 bits per heavy atom. The highest BCUT2D eigenvalue weighted by atomic mass is 32.1. The molecule has 0 saturated heterocycles. The van der Waals surface area contributed by atoms with Gasteiger partial charge in [0.25, 0.3) is 0 Å². The lowest BCUT2D eigenvalue weighted by Crippen LogP contribution is -2.25. The number of anilines is 1. The second-order valence-corrected chi connectivity index (χ2v) is 5.99. The second-order valence-electron chi connectivity index (χ2n) is 4.83. The van der Waals surface area contributed by atoms with Crippen LogP contribution in [0.5, 0.6) is 5.75 Å². The fourth-order valence-electron chi connectivity index (χ4n) is 2.19. The fraction of sp³-hybridized carbons (Fsp3) is 0.357. The molecule has 0 saturated carbocycles. The third kappa shape index (κ3) is 2.88. The van der Waals surface area contributed by atoms with Gasteiger partial charge in [0.2, 0.25) is 0 Å². The average molecular weight is 275 g/mol. The summed E-state index contributed by atoms with van der Waals surface area (Å²) < 4.78 is 5.73. The van der Waals surface area contributed by atoms with Crippen molar-refractivity contribution in [1.82, 2.24) is 9.88 Å². The zero-order valence-corrected chi connectivity index (χ0v) is 11.7. The van der Waals surface area contributed by atoms with Crippen LogP contribution in [0, 0.1) is 0 Å². The van der Waals surface area contributed by atoms with Crippen LogP contribution in [0.25, 0.3) is 0 Å². The molecule has 0 atom stereocenters. The summed E-state index contributed by atoms with van der Waals surface area (Å²) in [7, 11) is 2.14. The smallest absolute Gasteiger partial charge is 0.140 e. The van der Waals surface area contributed by atoms with Crippen molar-refractivity contribution in [1.29, 1.82) is 0 Å². The number of thiazole rings is 1. The molecule has 0 radical (unpaired) electrons. The number of rotatable bonds is 3. The normalized spacial score (nSPS) is 15.2. The predicted octanol–water partition coefficient (Wildman–Crippen LogP) is 2.29. The minimum Gasteiger partial charge on any atom is -0.486 e. The first-order valence-corrected chi connectivity index (χ1v) is 7.17. The SMILES string of the molecule is CN1CCc2nc(COc3cccc(N)c3)sc2C1. The highest BCUT2D eigenvalue weighted by Crippen LogP contribution is 2.25. The summed E-state index contributed by atoms with van der Waals surface area (Å²) in [6, 6.07) is 7.50. The van der Waals surface area contributed by atoms with Gasteiger partial charge in [-0.25, -0.2) is 4.98 Å². The van der Waals surface area contributed by atoms with Gasteiger partial charge in [-0.15, -0.1) is 11.3 Å². The Balaban J connectivity index is 1.68. The van der Waals surface area contributed by atoms with Crippen LogP contribution in [0.1, 0.15) is 15.6 Å². The highest BCUT2D eigenvalue weighted by Gasteiger charge is 2.18. The van der Waals surface area contributed by atoms with E-state index in [1.165, 1.54) is 10.6 Å². The number of nitrogen functional groups attached to an aromatic ring is 1. The monoisotopic (exact) mass is 275 g/mol. The maximum absolute atomic E-state index is 5.73. The van der Waals surface area contributed by atoms with Crippen LogP contribution in [0.4, 0.5) is 5.69 Å². The van der Waals surface area contributed by atoms with E-state index in [9.17, 15) is 0 Å². The molecule has 5 heteroatoms. The molecule has 0 aliphatic carbocycles. The Morgan fingerprint density at radius 3 is 3.21 bits per heavy atom. The van der Waals surface area contributed by atoms with E-state index in [1.807, 2.05) is 24.3 Å². The van der Waals surface area contributed by atoms with Gasteiger partial charge in [-0.3, -0.25) is 0 Å². The summed E-state index contributed by atoms with van der Waals surface area (Å²) in [4.78, 5) is 8.36. The van der Waals surface area contributed by atoms with Crippen molar-refractivity contribution in [3.63, 3.8) is 0 Å². The quantitative estimate of drug-likeness (QED) is 0.873. The zero-order valence-electron chi connectivity index (χ0n) is 10.9. The molecule has 1 aliphatic rings. The van der Waals surface area contributed by atoms with E-state index in [4.69, 9.17) is 10.5 Å². The largest absolute Gasteiger partial charge is 0.486 e. The van der Waals surface area contributed by atoms with E-state index < -0.39 is 0 Å². The average Bonchev–Trinajstić information content (AvgIpc) is 2.78. The molecule has 0 fully saturated rings. The standard InChI is InChI=1S/C14H17N3OS/c1-17-6-5-12-13(8-17)19-14(16-12)9-18-11-4-2-3-10(15)7-11/h2-4,7H,5-6,8-9,15H2,1H3. The Morgan fingerprint density at radius 1 is 1.47 bits per heavy atom. The van der Waals surface area contributed by atoms with Crippen LogP contribution in [-0.2, 0) is 19.6 Å². The topological polar surface area (TPSA) is 51.4 Å². The number of nitrogens with zero attached hydrogens (tertiary/aromatic N) is 2. The van der Waals surface area contributed by atoms with E-state index in [-0.39, 0.29) is 0 Å². The number of hydrogen-bond donors (Lipinski definition) is 1. The molecule has 19 heavy (non-hydrogen) atoms. The van der Waals surface area contributed by atoms with Gasteiger partial charge in [-0.2, -0.15) is 0 Å². The van der Waals surface area contributed by atoms with E-state index in [2.05, 4.69) is 16.9 Å². The Bertz CT molecular complexity index is 582. The molecular weight excluding hydrogens is 258 g/mol. The third-order valence-electron chi connectivity index (χ3n) is 3.19. The maximum atomic E-state index is 5.73. The molecule has 1 aromatic heterocycles. The molecule has 3 rings (SSSR count). The first-order valence-electron chi connectivity index (χ1n) is 6.35. The van der Waals surface area contributed by atoms with Crippen molar-refractivity contribution in [3.8, 4) is 5.75 Å². The van der Waals surface area contributed by atoms with Crippen LogP contribution in [0.3, 0.4) is 0 Å². The highest BCUT2D eigenvalue weighted by molar-refractivity contribution is 7.11. The number of likely N-dealkylation sites (N-methyl/N-ethyl adjacent to an activating group) is 1. The number of fused-ring (bicyclic) bond motifs is 1. The lowest BCUT2D eigenvalue weighted by atomic mass is 10.2. The predicted molar refractivity (Wildman–Crippen MR) is 77.3 cm³/mol. The van der Waals surface area contributed by atoms with Crippen molar-refractivity contribution in [2.75, 3.05) is 19.3 Å². The molecule has 1 aromatic carbocycles. The molecule has 0 bridgehead atoms. The Kier molecular flexibility index (Phi) is 3.40. The summed E-state index contributed by atoms with van der Waals surface area (Å²) in [6.07, 6.45) is 1.04. The van der Waals surface area contributed by atoms with Gasteiger partial charge in [0.05, 0.1) is 5.69 Å².